The lowest BCUT2D eigenvalue weighted by molar-refractivity contribution is 0.104. The molecule has 26 heavy (non-hydrogen) atoms. The smallest absolute Gasteiger partial charge is 0.187 e. The third kappa shape index (κ3) is 2.07. The van der Waals surface area contributed by atoms with Gasteiger partial charge in [-0.3, -0.25) is 4.79 Å². The van der Waals surface area contributed by atoms with Gasteiger partial charge >= 0.3 is 0 Å². The van der Waals surface area contributed by atoms with E-state index in [0.717, 1.165) is 33.0 Å². The maximum absolute atomic E-state index is 13.0. The fourth-order valence-corrected chi connectivity index (χ4v) is 4.23. The molecule has 0 fully saturated rings. The maximum atomic E-state index is 13.0. The van der Waals surface area contributed by atoms with E-state index in [1.165, 1.54) is 21.2 Å². The molecule has 0 N–H and O–H groups in total. The van der Waals surface area contributed by atoms with Gasteiger partial charge in [0.25, 0.3) is 0 Å². The molecule has 0 bridgehead atoms. The van der Waals surface area contributed by atoms with Crippen molar-refractivity contribution in [1.29, 1.82) is 0 Å². The van der Waals surface area contributed by atoms with Gasteiger partial charge in [0.1, 0.15) is 0 Å². The van der Waals surface area contributed by atoms with Crippen LogP contribution in [0.25, 0.3) is 23.3 Å². The van der Waals surface area contributed by atoms with Crippen molar-refractivity contribution >= 4 is 17.9 Å². The van der Waals surface area contributed by atoms with Crippen molar-refractivity contribution < 1.29 is 4.79 Å². The van der Waals surface area contributed by atoms with E-state index in [0.29, 0.717) is 0 Å². The van der Waals surface area contributed by atoms with Crippen LogP contribution in [0.15, 0.2) is 66.2 Å². The largest absolute Gasteiger partial charge is 0.289 e. The Morgan fingerprint density at radius 1 is 0.808 bits per heavy atom. The lowest BCUT2D eigenvalue weighted by Crippen LogP contribution is -2.22. The minimum atomic E-state index is 0.107. The molecule has 0 unspecified atom stereocenters. The zero-order chi connectivity index (χ0) is 17.8. The second-order valence-electron chi connectivity index (χ2n) is 7.12. The number of aryl methyl sites for hydroxylation is 1. The van der Waals surface area contributed by atoms with E-state index in [2.05, 4.69) is 55.5 Å². The van der Waals surface area contributed by atoms with Gasteiger partial charge in [-0.25, -0.2) is 0 Å². The van der Waals surface area contributed by atoms with Gasteiger partial charge in [-0.05, 0) is 80.8 Å². The second kappa shape index (κ2) is 5.40. The van der Waals surface area contributed by atoms with Crippen molar-refractivity contribution in [2.75, 3.05) is 0 Å². The molecular formula is C25H18O. The third-order valence-electron chi connectivity index (χ3n) is 5.34. The first-order valence-electron chi connectivity index (χ1n) is 8.92. The number of ketones is 1. The molecule has 2 aliphatic rings. The van der Waals surface area contributed by atoms with Crippen molar-refractivity contribution in [3.8, 4) is 11.1 Å². The molecule has 0 radical (unpaired) electrons. The first kappa shape index (κ1) is 15.1. The molecule has 0 spiro atoms. The molecule has 2 aliphatic carbocycles. The average Bonchev–Trinajstić information content (AvgIpc) is 3.00. The Hall–Kier alpha value is -3.19. The average molecular weight is 334 g/mol. The monoisotopic (exact) mass is 334 g/mol. The molecular weight excluding hydrogens is 316 g/mol. The minimum Gasteiger partial charge on any atom is -0.289 e. The zero-order valence-corrected chi connectivity index (χ0v) is 14.8. The van der Waals surface area contributed by atoms with Crippen LogP contribution in [-0.2, 0) is 0 Å². The van der Waals surface area contributed by atoms with Crippen LogP contribution in [0.4, 0.5) is 0 Å². The lowest BCUT2D eigenvalue weighted by Gasteiger charge is -2.14. The fourth-order valence-electron chi connectivity index (χ4n) is 4.23. The normalized spacial score (nSPS) is 13.9. The summed E-state index contributed by atoms with van der Waals surface area (Å²) in [6.45, 7) is 4.13. The third-order valence-corrected chi connectivity index (χ3v) is 5.34. The molecule has 0 aliphatic heterocycles. The fraction of sp³-hybridized carbons (Fsp3) is 0.0800. The SMILES string of the molecule is CC1=CC(=O)c2c3c(cc(-c4ccccc4)c2=C1)=c1c(C)cccc1=C3. The minimum absolute atomic E-state index is 0.107. The molecule has 0 saturated carbocycles. The molecule has 1 heteroatoms. The van der Waals surface area contributed by atoms with Crippen LogP contribution in [0.1, 0.15) is 28.4 Å². The van der Waals surface area contributed by atoms with Gasteiger partial charge in [-0.2, -0.15) is 0 Å². The quantitative estimate of drug-likeness (QED) is 0.514. The van der Waals surface area contributed by atoms with Crippen LogP contribution in [0.5, 0.6) is 0 Å². The summed E-state index contributed by atoms with van der Waals surface area (Å²) in [7, 11) is 0. The molecule has 0 aromatic heterocycles. The number of fused-ring (bicyclic) bond motifs is 4. The van der Waals surface area contributed by atoms with Gasteiger partial charge in [0.2, 0.25) is 0 Å². The molecule has 0 saturated heterocycles. The molecule has 0 amide bonds. The van der Waals surface area contributed by atoms with E-state index in [1.54, 1.807) is 6.08 Å². The first-order chi connectivity index (χ1) is 12.6. The Bertz CT molecular complexity index is 1340. The number of benzene rings is 3. The molecule has 124 valence electrons. The lowest BCUT2D eigenvalue weighted by atomic mass is 9.88. The van der Waals surface area contributed by atoms with Crippen LogP contribution in [0.2, 0.25) is 0 Å². The topological polar surface area (TPSA) is 17.1 Å². The predicted molar refractivity (Wildman–Crippen MR) is 106 cm³/mol. The standard InChI is InChI=1S/C25H18O/c1-15-11-20-19(17-8-4-3-5-9-17)14-22-21(25(20)23(26)12-15)13-18-10-6-7-16(2)24(18)22/h3-14H,1-2H3. The predicted octanol–water partition coefficient (Wildman–Crippen LogP) is 4.01. The summed E-state index contributed by atoms with van der Waals surface area (Å²) in [6.07, 6.45) is 6.07. The van der Waals surface area contributed by atoms with Gasteiger partial charge < -0.3 is 0 Å². The summed E-state index contributed by atoms with van der Waals surface area (Å²) in [5.74, 6) is 0.107. The van der Waals surface area contributed by atoms with Crippen molar-refractivity contribution in [3.05, 3.63) is 104 Å². The number of carbonyl (C=O) groups excluding carboxylic acids is 1. The molecule has 5 rings (SSSR count). The molecule has 1 nitrogen and oxygen atoms in total. The van der Waals surface area contributed by atoms with Crippen LogP contribution in [0.3, 0.4) is 0 Å². The Kier molecular flexibility index (Phi) is 3.14. The van der Waals surface area contributed by atoms with E-state index in [-0.39, 0.29) is 5.78 Å². The van der Waals surface area contributed by atoms with Crippen molar-refractivity contribution in [1.82, 2.24) is 0 Å². The Labute approximate surface area is 151 Å². The van der Waals surface area contributed by atoms with Crippen molar-refractivity contribution in [2.24, 2.45) is 0 Å². The van der Waals surface area contributed by atoms with E-state index in [4.69, 9.17) is 0 Å². The highest BCUT2D eigenvalue weighted by atomic mass is 16.1. The van der Waals surface area contributed by atoms with E-state index in [9.17, 15) is 4.79 Å². The van der Waals surface area contributed by atoms with Crippen LogP contribution in [-0.4, -0.2) is 5.78 Å². The van der Waals surface area contributed by atoms with Gasteiger partial charge in [-0.15, -0.1) is 0 Å². The summed E-state index contributed by atoms with van der Waals surface area (Å²) in [6, 6.07) is 19.0. The molecule has 3 aromatic rings. The van der Waals surface area contributed by atoms with E-state index in [1.807, 2.05) is 25.1 Å². The maximum Gasteiger partial charge on any atom is 0.187 e. The van der Waals surface area contributed by atoms with Gasteiger partial charge in [-0.1, -0.05) is 54.6 Å². The number of carbonyl (C=O) groups is 1. The van der Waals surface area contributed by atoms with Crippen LogP contribution < -0.4 is 10.4 Å². The van der Waals surface area contributed by atoms with Crippen LogP contribution in [0, 0.1) is 17.4 Å². The zero-order valence-electron chi connectivity index (χ0n) is 14.8. The first-order valence-corrected chi connectivity index (χ1v) is 8.92. The highest BCUT2D eigenvalue weighted by molar-refractivity contribution is 6.11. The summed E-state index contributed by atoms with van der Waals surface area (Å²) in [4.78, 5) is 13.0. The summed E-state index contributed by atoms with van der Waals surface area (Å²) < 4.78 is 0. The highest BCUT2D eigenvalue weighted by Gasteiger charge is 2.20. The van der Waals surface area contributed by atoms with Crippen LogP contribution >= 0.6 is 0 Å². The Morgan fingerprint density at radius 2 is 1.62 bits per heavy atom. The Morgan fingerprint density at radius 3 is 2.42 bits per heavy atom. The highest BCUT2D eigenvalue weighted by Crippen LogP contribution is 2.25. The summed E-state index contributed by atoms with van der Waals surface area (Å²) >= 11 is 0. The number of hydrogen-bond donors (Lipinski definition) is 0. The van der Waals surface area contributed by atoms with E-state index < -0.39 is 0 Å². The second-order valence-corrected chi connectivity index (χ2v) is 7.12. The van der Waals surface area contributed by atoms with Gasteiger partial charge in [0.05, 0.1) is 0 Å². The van der Waals surface area contributed by atoms with Crippen molar-refractivity contribution in [3.63, 3.8) is 0 Å². The number of rotatable bonds is 1. The van der Waals surface area contributed by atoms with Crippen molar-refractivity contribution in [2.45, 2.75) is 13.8 Å². The Balaban J connectivity index is 2.06. The summed E-state index contributed by atoms with van der Waals surface area (Å²) in [5.41, 5.74) is 6.43. The summed E-state index contributed by atoms with van der Waals surface area (Å²) in [5, 5.41) is 4.67. The van der Waals surface area contributed by atoms with E-state index >= 15 is 0 Å². The molecule has 0 heterocycles. The number of hydrogen-bond acceptors (Lipinski definition) is 1. The molecule has 3 aromatic carbocycles. The number of allylic oxidation sites excluding steroid dienone is 2. The van der Waals surface area contributed by atoms with Gasteiger partial charge in [0, 0.05) is 5.56 Å². The van der Waals surface area contributed by atoms with Gasteiger partial charge in [0.15, 0.2) is 5.78 Å². The molecule has 0 atom stereocenters.